The minimum absolute atomic E-state index is 0.0959. The molecule has 18 heavy (non-hydrogen) atoms. The van der Waals surface area contributed by atoms with E-state index < -0.39 is 0 Å². The largest absolute Gasteiger partial charge is 0.311 e. The lowest BCUT2D eigenvalue weighted by Gasteiger charge is -2.21. The van der Waals surface area contributed by atoms with Crippen LogP contribution in [0, 0.1) is 5.41 Å². The highest BCUT2D eigenvalue weighted by atomic mass is 35.5. The molecule has 0 unspecified atom stereocenters. The Balaban J connectivity index is 2.69. The van der Waals surface area contributed by atoms with Crippen LogP contribution < -0.4 is 5.32 Å². The van der Waals surface area contributed by atoms with E-state index >= 15 is 0 Å². The molecule has 3 nitrogen and oxygen atoms in total. The lowest BCUT2D eigenvalue weighted by atomic mass is 9.96. The van der Waals surface area contributed by atoms with E-state index in [1.54, 1.807) is 0 Å². The molecule has 0 bridgehead atoms. The Kier molecular flexibility index (Phi) is 5.96. The van der Waals surface area contributed by atoms with Crippen molar-refractivity contribution >= 4 is 23.2 Å². The van der Waals surface area contributed by atoms with Crippen LogP contribution in [0.4, 0.5) is 0 Å². The van der Waals surface area contributed by atoms with Crippen LogP contribution in [0.2, 0.25) is 5.02 Å². The number of hydrogen-bond donors (Lipinski definition) is 1. The van der Waals surface area contributed by atoms with Crippen molar-refractivity contribution in [3.8, 4) is 0 Å². The number of aryl methyl sites for hydroxylation is 2. The summed E-state index contributed by atoms with van der Waals surface area (Å²) in [6.07, 6.45) is 0.867. The van der Waals surface area contributed by atoms with Crippen LogP contribution in [0.15, 0.2) is 0 Å². The number of nitrogens with one attached hydrogen (secondary N) is 1. The third kappa shape index (κ3) is 3.87. The Morgan fingerprint density at radius 2 is 2.00 bits per heavy atom. The summed E-state index contributed by atoms with van der Waals surface area (Å²) < 4.78 is 1.97. The normalized spacial score (nSPS) is 12.1. The van der Waals surface area contributed by atoms with E-state index in [1.807, 2.05) is 4.68 Å². The lowest BCUT2D eigenvalue weighted by molar-refractivity contribution is 0.381. The highest BCUT2D eigenvalue weighted by Crippen LogP contribution is 2.22. The highest BCUT2D eigenvalue weighted by molar-refractivity contribution is 6.31. The van der Waals surface area contributed by atoms with Gasteiger partial charge in [0, 0.05) is 25.5 Å². The first-order valence-electron chi connectivity index (χ1n) is 6.46. The molecule has 0 saturated heterocycles. The van der Waals surface area contributed by atoms with E-state index in [0.29, 0.717) is 5.88 Å². The van der Waals surface area contributed by atoms with Crippen LogP contribution in [-0.2, 0) is 19.5 Å². The summed E-state index contributed by atoms with van der Waals surface area (Å²) in [5.41, 5.74) is 2.15. The molecule has 1 rings (SSSR count). The van der Waals surface area contributed by atoms with Gasteiger partial charge in [-0.05, 0) is 18.8 Å². The van der Waals surface area contributed by atoms with Gasteiger partial charge in [-0.15, -0.1) is 11.6 Å². The molecular weight excluding hydrogens is 269 g/mol. The SMILES string of the molecule is CCc1nn(CC)c(CNCC(C)(C)CCl)c1Cl. The Bertz CT molecular complexity index is 386. The maximum Gasteiger partial charge on any atom is 0.0863 e. The van der Waals surface area contributed by atoms with Crippen molar-refractivity contribution in [2.75, 3.05) is 12.4 Å². The molecule has 0 aliphatic rings. The average Bonchev–Trinajstić information content (AvgIpc) is 2.66. The zero-order valence-electron chi connectivity index (χ0n) is 11.7. The van der Waals surface area contributed by atoms with Crippen LogP contribution in [0.3, 0.4) is 0 Å². The summed E-state index contributed by atoms with van der Waals surface area (Å²) in [5, 5.41) is 8.72. The molecular formula is C13H23Cl2N3. The Hall–Kier alpha value is -0.250. The maximum absolute atomic E-state index is 6.34. The van der Waals surface area contributed by atoms with Gasteiger partial charge in [-0.2, -0.15) is 5.10 Å². The standard InChI is InChI=1S/C13H23Cl2N3/c1-5-10-12(15)11(18(6-2)17-10)7-16-9-13(3,4)8-14/h16H,5-9H2,1-4H3. The molecule has 0 spiro atoms. The van der Waals surface area contributed by atoms with Crippen molar-refractivity contribution in [2.24, 2.45) is 5.41 Å². The first-order valence-corrected chi connectivity index (χ1v) is 7.37. The van der Waals surface area contributed by atoms with Crippen LogP contribution in [0.25, 0.3) is 0 Å². The predicted octanol–water partition coefficient (Wildman–Crippen LogP) is 3.47. The fourth-order valence-electron chi connectivity index (χ4n) is 1.75. The number of halogens is 2. The Morgan fingerprint density at radius 1 is 1.33 bits per heavy atom. The van der Waals surface area contributed by atoms with Crippen molar-refractivity contribution in [1.29, 1.82) is 0 Å². The quantitative estimate of drug-likeness (QED) is 0.780. The Morgan fingerprint density at radius 3 is 2.50 bits per heavy atom. The van der Waals surface area contributed by atoms with Gasteiger partial charge in [0.05, 0.1) is 16.4 Å². The van der Waals surface area contributed by atoms with Gasteiger partial charge < -0.3 is 5.32 Å². The van der Waals surface area contributed by atoms with Crippen molar-refractivity contribution in [1.82, 2.24) is 15.1 Å². The van der Waals surface area contributed by atoms with Gasteiger partial charge in [0.15, 0.2) is 0 Å². The highest BCUT2D eigenvalue weighted by Gasteiger charge is 2.18. The van der Waals surface area contributed by atoms with Gasteiger partial charge in [-0.25, -0.2) is 0 Å². The number of alkyl halides is 1. The predicted molar refractivity (Wildman–Crippen MR) is 78.5 cm³/mol. The fourth-order valence-corrected chi connectivity index (χ4v) is 2.18. The van der Waals surface area contributed by atoms with Gasteiger partial charge in [0.25, 0.3) is 0 Å². The van der Waals surface area contributed by atoms with E-state index in [1.165, 1.54) is 0 Å². The van der Waals surface area contributed by atoms with Crippen molar-refractivity contribution < 1.29 is 0 Å². The molecule has 0 aromatic carbocycles. The second-order valence-corrected chi connectivity index (χ2v) is 5.92. The summed E-state index contributed by atoms with van der Waals surface area (Å²) >= 11 is 12.3. The molecule has 0 amide bonds. The number of nitrogens with zero attached hydrogens (tertiary/aromatic N) is 2. The molecule has 1 heterocycles. The Labute approximate surface area is 120 Å². The van der Waals surface area contributed by atoms with Crippen LogP contribution in [0.1, 0.15) is 39.1 Å². The van der Waals surface area contributed by atoms with Gasteiger partial charge in [0.1, 0.15) is 0 Å². The molecule has 1 N–H and O–H groups in total. The van der Waals surface area contributed by atoms with E-state index in [9.17, 15) is 0 Å². The third-order valence-corrected chi connectivity index (χ3v) is 4.11. The molecule has 0 radical (unpaired) electrons. The zero-order valence-corrected chi connectivity index (χ0v) is 13.2. The fraction of sp³-hybridized carbons (Fsp3) is 0.769. The summed E-state index contributed by atoms with van der Waals surface area (Å²) in [7, 11) is 0. The summed E-state index contributed by atoms with van der Waals surface area (Å²) in [6, 6.07) is 0. The van der Waals surface area contributed by atoms with E-state index in [4.69, 9.17) is 23.2 Å². The van der Waals surface area contributed by atoms with E-state index in [0.717, 1.165) is 42.5 Å². The summed E-state index contributed by atoms with van der Waals surface area (Å²) in [5.74, 6) is 0.640. The number of aromatic nitrogens is 2. The van der Waals surface area contributed by atoms with Gasteiger partial charge in [-0.1, -0.05) is 32.4 Å². The van der Waals surface area contributed by atoms with Crippen molar-refractivity contribution in [2.45, 2.75) is 47.2 Å². The monoisotopic (exact) mass is 291 g/mol. The second kappa shape index (κ2) is 6.78. The molecule has 0 aliphatic carbocycles. The van der Waals surface area contributed by atoms with Crippen LogP contribution in [0.5, 0.6) is 0 Å². The molecule has 1 aromatic rings. The van der Waals surface area contributed by atoms with Gasteiger partial charge in [-0.3, -0.25) is 4.68 Å². The van der Waals surface area contributed by atoms with E-state index in [-0.39, 0.29) is 5.41 Å². The second-order valence-electron chi connectivity index (χ2n) is 5.28. The molecule has 0 atom stereocenters. The van der Waals surface area contributed by atoms with Crippen LogP contribution >= 0.6 is 23.2 Å². The summed E-state index contributed by atoms with van der Waals surface area (Å²) in [4.78, 5) is 0. The average molecular weight is 292 g/mol. The van der Waals surface area contributed by atoms with Gasteiger partial charge >= 0.3 is 0 Å². The number of hydrogen-bond acceptors (Lipinski definition) is 2. The summed E-state index contributed by atoms with van der Waals surface area (Å²) in [6.45, 7) is 10.9. The lowest BCUT2D eigenvalue weighted by Crippen LogP contribution is -2.31. The smallest absolute Gasteiger partial charge is 0.0863 e. The van der Waals surface area contributed by atoms with Crippen molar-refractivity contribution in [3.63, 3.8) is 0 Å². The van der Waals surface area contributed by atoms with Gasteiger partial charge in [0.2, 0.25) is 0 Å². The molecule has 0 saturated carbocycles. The molecule has 5 heteroatoms. The first kappa shape index (κ1) is 15.8. The van der Waals surface area contributed by atoms with Crippen LogP contribution in [-0.4, -0.2) is 22.2 Å². The maximum atomic E-state index is 6.34. The minimum atomic E-state index is 0.0959. The molecule has 0 fully saturated rings. The third-order valence-electron chi connectivity index (χ3n) is 2.95. The van der Waals surface area contributed by atoms with E-state index in [2.05, 4.69) is 38.1 Å². The first-order chi connectivity index (χ1) is 8.45. The molecule has 0 aliphatic heterocycles. The minimum Gasteiger partial charge on any atom is -0.311 e. The number of rotatable bonds is 7. The zero-order chi connectivity index (χ0) is 13.8. The topological polar surface area (TPSA) is 29.9 Å². The molecule has 104 valence electrons. The molecule has 1 aromatic heterocycles. The van der Waals surface area contributed by atoms with Crippen molar-refractivity contribution in [3.05, 3.63) is 16.4 Å².